The van der Waals surface area contributed by atoms with Gasteiger partial charge in [-0.15, -0.1) is 5.10 Å². The molecule has 0 saturated carbocycles. The third-order valence-electron chi connectivity index (χ3n) is 8.50. The number of amides is 2. The molecule has 0 spiro atoms. The number of hydrogen-bond donors (Lipinski definition) is 4. The molecule has 0 saturated heterocycles. The van der Waals surface area contributed by atoms with E-state index in [2.05, 4.69) is 34.7 Å². The van der Waals surface area contributed by atoms with E-state index in [-0.39, 0.29) is 46.3 Å². The standard InChI is InChI=1S/C38H40N6O8S/c1-23(2)10-9-11-24(3)33(36(50)52-31-22-30(35(49)39-21-20-32(46)47)34(48)29-15-8-7-14-28(29)31)43(25-12-5-4-6-13-25)38(51)53-37-40-41-42-44(37)26-16-18-27(45)19-17-26/h4-8,12-19,22-24,33,45,48H,9-11,20-21H2,1-3H3,(H,39,49)(H,46,47). The van der Waals surface area contributed by atoms with E-state index < -0.39 is 35.0 Å². The number of para-hydroxylation sites is 1. The van der Waals surface area contributed by atoms with Crippen LogP contribution in [-0.4, -0.2) is 71.2 Å². The van der Waals surface area contributed by atoms with Crippen LogP contribution in [0.3, 0.4) is 0 Å². The molecule has 5 rings (SSSR count). The van der Waals surface area contributed by atoms with E-state index in [1.807, 2.05) is 6.92 Å². The van der Waals surface area contributed by atoms with Crippen LogP contribution < -0.4 is 15.0 Å². The summed E-state index contributed by atoms with van der Waals surface area (Å²) in [4.78, 5) is 54.6. The van der Waals surface area contributed by atoms with Crippen molar-refractivity contribution in [1.29, 1.82) is 0 Å². The van der Waals surface area contributed by atoms with E-state index in [0.29, 0.717) is 40.9 Å². The van der Waals surface area contributed by atoms with Gasteiger partial charge in [-0.25, -0.2) is 4.79 Å². The van der Waals surface area contributed by atoms with Gasteiger partial charge >= 0.3 is 11.9 Å². The van der Waals surface area contributed by atoms with E-state index in [1.54, 1.807) is 66.7 Å². The smallest absolute Gasteiger partial charge is 0.334 e. The van der Waals surface area contributed by atoms with Gasteiger partial charge in [-0.2, -0.15) is 4.68 Å². The van der Waals surface area contributed by atoms with Crippen molar-refractivity contribution in [2.45, 2.75) is 57.7 Å². The average Bonchev–Trinajstić information content (AvgIpc) is 3.59. The average molecular weight is 741 g/mol. The van der Waals surface area contributed by atoms with Crippen molar-refractivity contribution in [3.05, 3.63) is 90.5 Å². The second-order valence-corrected chi connectivity index (χ2v) is 13.8. The number of nitrogens with zero attached hydrogens (tertiary/aromatic N) is 5. The number of benzene rings is 4. The van der Waals surface area contributed by atoms with Gasteiger partial charge in [-0.1, -0.05) is 76.1 Å². The second kappa shape index (κ2) is 17.5. The highest BCUT2D eigenvalue weighted by Crippen LogP contribution is 2.38. The fourth-order valence-electron chi connectivity index (χ4n) is 5.82. The summed E-state index contributed by atoms with van der Waals surface area (Å²) in [7, 11) is 0. The summed E-state index contributed by atoms with van der Waals surface area (Å²) in [6.07, 6.45) is 1.90. The van der Waals surface area contributed by atoms with Crippen molar-refractivity contribution in [1.82, 2.24) is 25.5 Å². The zero-order valence-electron chi connectivity index (χ0n) is 29.4. The summed E-state index contributed by atoms with van der Waals surface area (Å²) >= 11 is 0.713. The van der Waals surface area contributed by atoms with Crippen molar-refractivity contribution in [2.24, 2.45) is 11.8 Å². The zero-order chi connectivity index (χ0) is 38.1. The number of aromatic hydroxyl groups is 2. The Morgan fingerprint density at radius 1 is 0.906 bits per heavy atom. The zero-order valence-corrected chi connectivity index (χ0v) is 30.2. The van der Waals surface area contributed by atoms with Gasteiger partial charge in [-0.3, -0.25) is 19.3 Å². The van der Waals surface area contributed by atoms with Crippen molar-refractivity contribution in [3.63, 3.8) is 0 Å². The highest BCUT2D eigenvalue weighted by Gasteiger charge is 2.38. The lowest BCUT2D eigenvalue weighted by Gasteiger charge is -2.34. The number of tetrazole rings is 1. The molecule has 2 atom stereocenters. The first-order valence-electron chi connectivity index (χ1n) is 17.0. The first kappa shape index (κ1) is 38.3. The minimum atomic E-state index is -1.18. The van der Waals surface area contributed by atoms with Crippen molar-refractivity contribution in [3.8, 4) is 22.9 Å². The minimum absolute atomic E-state index is 0.0319. The fourth-order valence-corrected chi connectivity index (χ4v) is 6.60. The summed E-state index contributed by atoms with van der Waals surface area (Å²) < 4.78 is 7.47. The number of rotatable bonds is 15. The number of carboxylic acid groups (broad SMARTS) is 1. The fraction of sp³-hybridized carbons (Fsp3) is 0.289. The van der Waals surface area contributed by atoms with Crippen LogP contribution in [0.1, 0.15) is 56.8 Å². The molecule has 0 aliphatic carbocycles. The Labute approximate surface area is 309 Å². The van der Waals surface area contributed by atoms with E-state index in [4.69, 9.17) is 9.84 Å². The maximum atomic E-state index is 14.6. The summed E-state index contributed by atoms with van der Waals surface area (Å²) in [5, 5.41) is 44.3. The Bertz CT molecular complexity index is 2070. The lowest BCUT2D eigenvalue weighted by Crippen LogP contribution is -2.49. The molecule has 1 aromatic heterocycles. The monoisotopic (exact) mass is 740 g/mol. The summed E-state index contributed by atoms with van der Waals surface area (Å²) in [6, 6.07) is 21.4. The number of esters is 1. The number of carboxylic acids is 1. The molecule has 0 bridgehead atoms. The third kappa shape index (κ3) is 9.48. The molecule has 5 aromatic rings. The van der Waals surface area contributed by atoms with Crippen LogP contribution in [0.15, 0.2) is 90.1 Å². The van der Waals surface area contributed by atoms with E-state index in [1.165, 1.54) is 27.8 Å². The quantitative estimate of drug-likeness (QED) is 0.0512. The molecule has 14 nitrogen and oxygen atoms in total. The van der Waals surface area contributed by atoms with Gasteiger partial charge in [0.25, 0.3) is 11.1 Å². The summed E-state index contributed by atoms with van der Waals surface area (Å²) in [5.41, 5.74) is 0.695. The van der Waals surface area contributed by atoms with Gasteiger partial charge in [0.15, 0.2) is 0 Å². The maximum Gasteiger partial charge on any atom is 0.334 e. The van der Waals surface area contributed by atoms with Crippen LogP contribution in [0, 0.1) is 11.8 Å². The lowest BCUT2D eigenvalue weighted by molar-refractivity contribution is -0.137. The number of fused-ring (bicyclic) bond motifs is 1. The van der Waals surface area contributed by atoms with Crippen LogP contribution >= 0.6 is 11.8 Å². The number of nitrogens with one attached hydrogen (secondary N) is 1. The first-order valence-corrected chi connectivity index (χ1v) is 17.9. The van der Waals surface area contributed by atoms with E-state index >= 15 is 0 Å². The maximum absolute atomic E-state index is 14.6. The number of aliphatic carboxylic acids is 1. The Morgan fingerprint density at radius 3 is 2.26 bits per heavy atom. The van der Waals surface area contributed by atoms with Gasteiger partial charge < -0.3 is 25.4 Å². The van der Waals surface area contributed by atoms with E-state index in [0.717, 1.165) is 12.8 Å². The molecule has 2 unspecified atom stereocenters. The predicted octanol–water partition coefficient (Wildman–Crippen LogP) is 6.59. The number of phenolic OH excluding ortho intramolecular Hbond substituents is 2. The number of anilines is 1. The van der Waals surface area contributed by atoms with Gasteiger partial charge in [-0.05, 0) is 71.1 Å². The molecule has 53 heavy (non-hydrogen) atoms. The highest BCUT2D eigenvalue weighted by molar-refractivity contribution is 8.13. The Balaban J connectivity index is 1.55. The molecule has 15 heteroatoms. The Kier molecular flexibility index (Phi) is 12.6. The largest absolute Gasteiger partial charge is 0.508 e. The molecule has 276 valence electrons. The summed E-state index contributed by atoms with van der Waals surface area (Å²) in [5.74, 6) is -3.02. The number of thioether (sulfide) groups is 1. The molecule has 0 radical (unpaired) electrons. The lowest BCUT2D eigenvalue weighted by atomic mass is 9.92. The van der Waals surface area contributed by atoms with Gasteiger partial charge in [0, 0.05) is 34.8 Å². The molecule has 0 aliphatic heterocycles. The molecule has 0 aliphatic rings. The number of aromatic nitrogens is 4. The van der Waals surface area contributed by atoms with Gasteiger partial charge in [0.05, 0.1) is 17.7 Å². The van der Waals surface area contributed by atoms with Crippen LogP contribution in [-0.2, 0) is 9.59 Å². The number of phenols is 2. The van der Waals surface area contributed by atoms with Gasteiger partial charge in [0.2, 0.25) is 5.16 Å². The predicted molar refractivity (Wildman–Crippen MR) is 198 cm³/mol. The van der Waals surface area contributed by atoms with Crippen LogP contribution in [0.25, 0.3) is 16.5 Å². The number of hydrogen-bond acceptors (Lipinski definition) is 11. The number of carbonyl (C=O) groups is 4. The molecular formula is C38H40N6O8S. The minimum Gasteiger partial charge on any atom is -0.508 e. The van der Waals surface area contributed by atoms with Crippen LogP contribution in [0.2, 0.25) is 0 Å². The first-order chi connectivity index (χ1) is 25.4. The molecule has 1 heterocycles. The number of ether oxygens (including phenoxy) is 1. The van der Waals surface area contributed by atoms with Crippen molar-refractivity contribution in [2.75, 3.05) is 11.4 Å². The third-order valence-corrected chi connectivity index (χ3v) is 9.31. The summed E-state index contributed by atoms with van der Waals surface area (Å²) in [6.45, 7) is 5.90. The van der Waals surface area contributed by atoms with Crippen LogP contribution in [0.4, 0.5) is 10.5 Å². The molecule has 2 amide bonds. The van der Waals surface area contributed by atoms with Gasteiger partial charge in [0.1, 0.15) is 23.3 Å². The Morgan fingerprint density at radius 2 is 1.58 bits per heavy atom. The second-order valence-electron chi connectivity index (χ2n) is 12.8. The van der Waals surface area contributed by atoms with Crippen LogP contribution in [0.5, 0.6) is 17.2 Å². The molecule has 4 N–H and O–H groups in total. The SMILES string of the molecule is CC(C)CCCC(C)C(C(=O)Oc1cc(C(=O)NCCC(=O)O)c(O)c2ccccc12)N(C(=O)Sc1nnnn1-c1ccc(O)cc1)c1ccccc1. The highest BCUT2D eigenvalue weighted by atomic mass is 32.2. The molecule has 4 aromatic carbocycles. The normalized spacial score (nSPS) is 12.3. The van der Waals surface area contributed by atoms with E-state index in [9.17, 15) is 29.4 Å². The Hall–Kier alpha value is -5.96. The molecular weight excluding hydrogens is 701 g/mol. The topological polar surface area (TPSA) is 197 Å². The van der Waals surface area contributed by atoms with Crippen molar-refractivity contribution >= 4 is 51.3 Å². The number of carbonyl (C=O) groups excluding carboxylic acids is 3. The van der Waals surface area contributed by atoms with Crippen molar-refractivity contribution < 1.29 is 39.2 Å². The molecule has 0 fully saturated rings.